The normalized spacial score (nSPS) is 10.9. The number of thiazole rings is 1. The molecule has 0 spiro atoms. The molecule has 1 N–H and O–H groups in total. The number of fused-ring (bicyclic) bond motifs is 1. The fourth-order valence-corrected chi connectivity index (χ4v) is 3.88. The van der Waals surface area contributed by atoms with E-state index in [0.717, 1.165) is 4.70 Å². The summed E-state index contributed by atoms with van der Waals surface area (Å²) in [6.45, 7) is 0.0647. The Kier molecular flexibility index (Phi) is 5.94. The summed E-state index contributed by atoms with van der Waals surface area (Å²) in [6.07, 6.45) is -0.519. The van der Waals surface area contributed by atoms with Crippen molar-refractivity contribution in [2.24, 2.45) is 0 Å². The third kappa shape index (κ3) is 4.55. The molecule has 0 bridgehead atoms. The lowest BCUT2D eigenvalue weighted by molar-refractivity contribution is -0.138. The molecule has 0 radical (unpaired) electrons. The minimum Gasteiger partial charge on any atom is -0.481 e. The first-order valence-electron chi connectivity index (χ1n) is 7.86. The highest BCUT2D eigenvalue weighted by atomic mass is 35.5. The van der Waals surface area contributed by atoms with Crippen LogP contribution < -0.4 is 4.90 Å². The monoisotopic (exact) mass is 426 g/mol. The number of aromatic nitrogens is 1. The van der Waals surface area contributed by atoms with E-state index in [4.69, 9.17) is 28.3 Å². The Morgan fingerprint density at radius 2 is 1.96 bits per heavy atom. The minimum absolute atomic E-state index is 0.0647. The molecule has 0 atom stereocenters. The molecule has 1 aromatic heterocycles. The Morgan fingerprint density at radius 1 is 1.19 bits per heavy atom. The number of amides is 1. The van der Waals surface area contributed by atoms with E-state index in [1.807, 2.05) is 0 Å². The van der Waals surface area contributed by atoms with E-state index in [1.54, 1.807) is 18.2 Å². The lowest BCUT2D eigenvalue weighted by atomic mass is 10.2. The van der Waals surface area contributed by atoms with Crippen LogP contribution in [0.1, 0.15) is 17.8 Å². The van der Waals surface area contributed by atoms with Crippen LogP contribution in [0.4, 0.5) is 10.1 Å². The number of carboxylic acids is 1. The molecule has 9 heteroatoms. The summed E-state index contributed by atoms with van der Waals surface area (Å²) in [5.41, 5.74) is 0.857. The Morgan fingerprint density at radius 3 is 2.67 bits per heavy atom. The zero-order valence-electron chi connectivity index (χ0n) is 13.8. The number of aliphatic carboxylic acids is 1. The van der Waals surface area contributed by atoms with Gasteiger partial charge in [0.1, 0.15) is 16.3 Å². The summed E-state index contributed by atoms with van der Waals surface area (Å²) in [6, 6.07) is 8.99. The molecule has 1 heterocycles. The summed E-state index contributed by atoms with van der Waals surface area (Å²) >= 11 is 13.5. The number of hydrogen-bond acceptors (Lipinski definition) is 4. The van der Waals surface area contributed by atoms with Gasteiger partial charge < -0.3 is 10.0 Å². The largest absolute Gasteiger partial charge is 0.481 e. The van der Waals surface area contributed by atoms with Crippen molar-refractivity contribution in [1.29, 1.82) is 0 Å². The molecule has 3 rings (SSSR count). The number of nitrogens with zero attached hydrogens (tertiary/aromatic N) is 2. The van der Waals surface area contributed by atoms with Crippen LogP contribution in [-0.4, -0.2) is 22.0 Å². The van der Waals surface area contributed by atoms with Crippen LogP contribution in [0.25, 0.3) is 10.2 Å². The molecular weight excluding hydrogens is 414 g/mol. The first-order valence-corrected chi connectivity index (χ1v) is 9.43. The van der Waals surface area contributed by atoms with Gasteiger partial charge in [0.25, 0.3) is 0 Å². The highest BCUT2D eigenvalue weighted by Crippen LogP contribution is 2.34. The fraction of sp³-hybridized carbons (Fsp3) is 0.167. The van der Waals surface area contributed by atoms with Crippen LogP contribution >= 0.6 is 34.5 Å². The second-order valence-electron chi connectivity index (χ2n) is 5.67. The first-order chi connectivity index (χ1) is 12.8. The van der Waals surface area contributed by atoms with Gasteiger partial charge in [-0.25, -0.2) is 9.37 Å². The van der Waals surface area contributed by atoms with Crippen LogP contribution in [0, 0.1) is 5.82 Å². The standard InChI is InChI=1S/C18H13Cl2FN2O3S/c19-12-4-5-13-18(17(12)20)22-14(27-13)9-23(15(24)6-7-16(25)26)11-3-1-2-10(21)8-11/h1-5,8H,6-7,9H2,(H,25,26). The predicted octanol–water partition coefficient (Wildman–Crippen LogP) is 5.14. The van der Waals surface area contributed by atoms with Gasteiger partial charge in [0.05, 0.1) is 27.7 Å². The number of carbonyl (C=O) groups excluding carboxylic acids is 1. The van der Waals surface area contributed by atoms with E-state index in [0.29, 0.717) is 26.3 Å². The molecule has 0 saturated carbocycles. The summed E-state index contributed by atoms with van der Waals surface area (Å²) in [5, 5.41) is 10.1. The molecule has 0 aliphatic rings. The molecule has 140 valence electrons. The lowest BCUT2D eigenvalue weighted by Crippen LogP contribution is -2.30. The average Bonchev–Trinajstić information content (AvgIpc) is 3.04. The van der Waals surface area contributed by atoms with Crippen molar-refractivity contribution in [3.8, 4) is 0 Å². The minimum atomic E-state index is -1.08. The Labute approximate surface area is 168 Å². The number of hydrogen-bond donors (Lipinski definition) is 1. The molecule has 5 nitrogen and oxygen atoms in total. The second-order valence-corrected chi connectivity index (χ2v) is 7.57. The van der Waals surface area contributed by atoms with Gasteiger partial charge in [-0.2, -0.15) is 0 Å². The van der Waals surface area contributed by atoms with Crippen molar-refractivity contribution in [3.63, 3.8) is 0 Å². The topological polar surface area (TPSA) is 70.5 Å². The van der Waals surface area contributed by atoms with Gasteiger partial charge in [-0.15, -0.1) is 11.3 Å². The molecule has 27 heavy (non-hydrogen) atoms. The average molecular weight is 427 g/mol. The third-order valence-electron chi connectivity index (χ3n) is 3.76. The van der Waals surface area contributed by atoms with Gasteiger partial charge in [-0.3, -0.25) is 9.59 Å². The molecule has 0 aliphatic carbocycles. The molecule has 0 fully saturated rings. The Bertz CT molecular complexity index is 1030. The molecule has 1 amide bonds. The molecule has 0 unspecified atom stereocenters. The lowest BCUT2D eigenvalue weighted by Gasteiger charge is -2.21. The van der Waals surface area contributed by atoms with Gasteiger partial charge in [0.2, 0.25) is 5.91 Å². The van der Waals surface area contributed by atoms with Crippen molar-refractivity contribution in [2.75, 3.05) is 4.90 Å². The smallest absolute Gasteiger partial charge is 0.303 e. The Hall–Kier alpha value is -2.22. The predicted molar refractivity (Wildman–Crippen MR) is 104 cm³/mol. The van der Waals surface area contributed by atoms with Crippen molar-refractivity contribution >= 4 is 62.3 Å². The van der Waals surface area contributed by atoms with Crippen LogP contribution in [0.5, 0.6) is 0 Å². The maximum absolute atomic E-state index is 13.6. The van der Waals surface area contributed by atoms with Gasteiger partial charge in [0, 0.05) is 12.1 Å². The summed E-state index contributed by atoms with van der Waals surface area (Å²) < 4.78 is 14.4. The van der Waals surface area contributed by atoms with Gasteiger partial charge in [0.15, 0.2) is 0 Å². The fourth-order valence-electron chi connectivity index (χ4n) is 2.50. The maximum Gasteiger partial charge on any atom is 0.303 e. The zero-order valence-corrected chi connectivity index (χ0v) is 16.1. The summed E-state index contributed by atoms with van der Waals surface area (Å²) in [5.74, 6) is -2.02. The first kappa shape index (κ1) is 19.5. The number of carboxylic acid groups (broad SMARTS) is 1. The number of carbonyl (C=O) groups is 2. The number of benzene rings is 2. The van der Waals surface area contributed by atoms with Gasteiger partial charge >= 0.3 is 5.97 Å². The molecular formula is C18H13Cl2FN2O3S. The quantitative estimate of drug-likeness (QED) is 0.592. The number of rotatable bonds is 6. The van der Waals surface area contributed by atoms with E-state index < -0.39 is 17.7 Å². The number of anilines is 1. The maximum atomic E-state index is 13.6. The van der Waals surface area contributed by atoms with Crippen LogP contribution in [0.3, 0.4) is 0 Å². The van der Waals surface area contributed by atoms with Crippen LogP contribution in [0.15, 0.2) is 36.4 Å². The van der Waals surface area contributed by atoms with E-state index >= 15 is 0 Å². The van der Waals surface area contributed by atoms with Crippen molar-refractivity contribution in [2.45, 2.75) is 19.4 Å². The van der Waals surface area contributed by atoms with E-state index in [1.165, 1.54) is 34.4 Å². The highest BCUT2D eigenvalue weighted by molar-refractivity contribution is 7.18. The zero-order chi connectivity index (χ0) is 19.6. The SMILES string of the molecule is O=C(O)CCC(=O)N(Cc1nc2c(Cl)c(Cl)ccc2s1)c1cccc(F)c1. The van der Waals surface area contributed by atoms with Crippen molar-refractivity contribution < 1.29 is 19.1 Å². The molecule has 0 saturated heterocycles. The van der Waals surface area contributed by atoms with Gasteiger partial charge in [-0.05, 0) is 30.3 Å². The second kappa shape index (κ2) is 8.21. The third-order valence-corrected chi connectivity index (χ3v) is 5.56. The number of halogens is 3. The Balaban J connectivity index is 1.94. The van der Waals surface area contributed by atoms with Crippen LogP contribution in [-0.2, 0) is 16.1 Å². The van der Waals surface area contributed by atoms with Crippen molar-refractivity contribution in [1.82, 2.24) is 4.98 Å². The van der Waals surface area contributed by atoms with E-state index in [2.05, 4.69) is 4.98 Å². The van der Waals surface area contributed by atoms with Gasteiger partial charge in [-0.1, -0.05) is 29.3 Å². The summed E-state index contributed by atoms with van der Waals surface area (Å²) in [4.78, 5) is 29.1. The van der Waals surface area contributed by atoms with Crippen molar-refractivity contribution in [3.05, 3.63) is 57.3 Å². The summed E-state index contributed by atoms with van der Waals surface area (Å²) in [7, 11) is 0. The molecule has 3 aromatic rings. The van der Waals surface area contributed by atoms with E-state index in [-0.39, 0.29) is 19.4 Å². The molecule has 2 aromatic carbocycles. The van der Waals surface area contributed by atoms with E-state index in [9.17, 15) is 14.0 Å². The molecule has 0 aliphatic heterocycles. The highest BCUT2D eigenvalue weighted by Gasteiger charge is 2.20. The van der Waals surface area contributed by atoms with Crippen LogP contribution in [0.2, 0.25) is 10.0 Å².